The molecule has 3 heterocycles. The number of hydrogen-bond donors (Lipinski definition) is 0. The third-order valence-electron chi connectivity index (χ3n) is 6.09. The summed E-state index contributed by atoms with van der Waals surface area (Å²) in [6.45, 7) is 4.44. The zero-order chi connectivity index (χ0) is 21.8. The highest BCUT2D eigenvalue weighted by atomic mass is 16.2. The Morgan fingerprint density at radius 3 is 2.65 bits per heavy atom. The molecule has 0 aliphatic carbocycles. The van der Waals surface area contributed by atoms with Crippen LogP contribution in [0.5, 0.6) is 0 Å². The lowest BCUT2D eigenvalue weighted by atomic mass is 9.79. The van der Waals surface area contributed by atoms with Crippen molar-refractivity contribution >= 4 is 5.91 Å². The fourth-order valence-electron chi connectivity index (χ4n) is 4.66. The number of hydrogen-bond acceptors (Lipinski definition) is 4. The van der Waals surface area contributed by atoms with Crippen molar-refractivity contribution < 1.29 is 4.79 Å². The van der Waals surface area contributed by atoms with Gasteiger partial charge in [0.05, 0.1) is 11.1 Å². The molecular weight excluding hydrogens is 384 g/mol. The Morgan fingerprint density at radius 1 is 1.10 bits per heavy atom. The second-order valence-corrected chi connectivity index (χ2v) is 8.83. The predicted molar refractivity (Wildman–Crippen MR) is 123 cm³/mol. The molecule has 3 aromatic rings. The number of amides is 1. The zero-order valence-electron chi connectivity index (χ0n) is 18.6. The summed E-state index contributed by atoms with van der Waals surface area (Å²) >= 11 is 0. The van der Waals surface area contributed by atoms with E-state index in [0.29, 0.717) is 0 Å². The molecule has 2 aromatic heterocycles. The molecule has 1 aromatic carbocycles. The first-order valence-electron chi connectivity index (χ1n) is 10.8. The van der Waals surface area contributed by atoms with E-state index in [2.05, 4.69) is 57.3 Å². The highest BCUT2D eigenvalue weighted by Gasteiger charge is 2.45. The van der Waals surface area contributed by atoms with Crippen LogP contribution in [0, 0.1) is 12.3 Å². The van der Waals surface area contributed by atoms with Crippen molar-refractivity contribution in [1.82, 2.24) is 19.8 Å². The lowest BCUT2D eigenvalue weighted by Gasteiger charge is -2.31. The van der Waals surface area contributed by atoms with Gasteiger partial charge in [-0.1, -0.05) is 36.4 Å². The van der Waals surface area contributed by atoms with Gasteiger partial charge in [-0.05, 0) is 61.2 Å². The van der Waals surface area contributed by atoms with Crippen LogP contribution in [0.1, 0.15) is 23.4 Å². The quantitative estimate of drug-likeness (QED) is 0.612. The van der Waals surface area contributed by atoms with Crippen molar-refractivity contribution in [2.45, 2.75) is 26.3 Å². The minimum atomic E-state index is -0.416. The van der Waals surface area contributed by atoms with E-state index in [9.17, 15) is 4.79 Å². The van der Waals surface area contributed by atoms with Gasteiger partial charge in [0.2, 0.25) is 5.91 Å². The smallest absolute Gasteiger partial charge is 0.229 e. The highest BCUT2D eigenvalue weighted by molar-refractivity contribution is 5.83. The van der Waals surface area contributed by atoms with Crippen molar-refractivity contribution in [3.05, 3.63) is 83.9 Å². The third kappa shape index (κ3) is 4.83. The average Bonchev–Trinajstić information content (AvgIpc) is 3.17. The summed E-state index contributed by atoms with van der Waals surface area (Å²) < 4.78 is 0. The molecule has 160 valence electrons. The third-order valence-corrected chi connectivity index (χ3v) is 6.09. The summed E-state index contributed by atoms with van der Waals surface area (Å²) in [5.74, 6) is 0.207. The Morgan fingerprint density at radius 2 is 1.90 bits per heavy atom. The molecule has 1 saturated heterocycles. The number of nitrogens with zero attached hydrogens (tertiary/aromatic N) is 4. The number of carbonyl (C=O) groups excluding carboxylic acids is 1. The standard InChI is InChI=1S/C26H30N4O/c1-20-7-4-11-24(28-20)18-30-14-12-26(19-30,25(31)29(2)3)16-21-8-5-9-22(15-21)23-10-6-13-27-17-23/h4-11,13,15,17H,12,14,16,18-19H2,1-3H3. The van der Waals surface area contributed by atoms with Gasteiger partial charge in [0.15, 0.2) is 0 Å². The molecule has 0 radical (unpaired) electrons. The van der Waals surface area contributed by atoms with Crippen molar-refractivity contribution in [3.63, 3.8) is 0 Å². The van der Waals surface area contributed by atoms with E-state index in [4.69, 9.17) is 0 Å². The van der Waals surface area contributed by atoms with Crippen LogP contribution in [0.25, 0.3) is 11.1 Å². The number of aryl methyl sites for hydroxylation is 1. The van der Waals surface area contributed by atoms with Gasteiger partial charge in [-0.25, -0.2) is 0 Å². The second-order valence-electron chi connectivity index (χ2n) is 8.83. The van der Waals surface area contributed by atoms with E-state index in [-0.39, 0.29) is 5.91 Å². The average molecular weight is 415 g/mol. The van der Waals surface area contributed by atoms with E-state index < -0.39 is 5.41 Å². The Kier molecular flexibility index (Phi) is 6.14. The van der Waals surface area contributed by atoms with Gasteiger partial charge in [-0.3, -0.25) is 19.7 Å². The van der Waals surface area contributed by atoms with E-state index in [1.807, 2.05) is 39.3 Å². The fraction of sp³-hybridized carbons (Fsp3) is 0.346. The Bertz CT molecular complexity index is 1050. The molecule has 0 saturated carbocycles. The number of likely N-dealkylation sites (tertiary alicyclic amines) is 1. The number of aromatic nitrogens is 2. The zero-order valence-corrected chi connectivity index (χ0v) is 18.6. The lowest BCUT2D eigenvalue weighted by molar-refractivity contribution is -0.138. The van der Waals surface area contributed by atoms with Gasteiger partial charge in [0.25, 0.3) is 0 Å². The molecule has 5 heteroatoms. The molecule has 1 atom stereocenters. The summed E-state index contributed by atoms with van der Waals surface area (Å²) in [4.78, 5) is 26.4. The first-order valence-corrected chi connectivity index (χ1v) is 10.8. The summed E-state index contributed by atoms with van der Waals surface area (Å²) in [7, 11) is 3.72. The van der Waals surface area contributed by atoms with Crippen molar-refractivity contribution in [1.29, 1.82) is 0 Å². The molecule has 0 bridgehead atoms. The first kappa shape index (κ1) is 21.2. The number of carbonyl (C=O) groups is 1. The molecule has 5 nitrogen and oxygen atoms in total. The van der Waals surface area contributed by atoms with Crippen LogP contribution in [0.15, 0.2) is 67.0 Å². The Balaban J connectivity index is 1.57. The maximum atomic E-state index is 13.4. The molecule has 0 N–H and O–H groups in total. The van der Waals surface area contributed by atoms with E-state index in [1.54, 1.807) is 11.1 Å². The van der Waals surface area contributed by atoms with Crippen molar-refractivity contribution in [2.75, 3.05) is 27.2 Å². The van der Waals surface area contributed by atoms with Crippen LogP contribution >= 0.6 is 0 Å². The topological polar surface area (TPSA) is 49.3 Å². The van der Waals surface area contributed by atoms with Crippen LogP contribution in [-0.4, -0.2) is 52.9 Å². The SMILES string of the molecule is Cc1cccc(CN2CCC(Cc3cccc(-c4cccnc4)c3)(C(=O)N(C)C)C2)n1. The van der Waals surface area contributed by atoms with Crippen LogP contribution in [-0.2, 0) is 17.8 Å². The van der Waals surface area contributed by atoms with Crippen molar-refractivity contribution in [2.24, 2.45) is 5.41 Å². The Hall–Kier alpha value is -3.05. The molecule has 31 heavy (non-hydrogen) atoms. The molecule has 1 aliphatic rings. The maximum absolute atomic E-state index is 13.4. The van der Waals surface area contributed by atoms with Gasteiger partial charge in [0.1, 0.15) is 0 Å². The Labute approximate surface area is 184 Å². The fourth-order valence-corrected chi connectivity index (χ4v) is 4.66. The van der Waals surface area contributed by atoms with Crippen LogP contribution in [0.3, 0.4) is 0 Å². The molecule has 4 rings (SSSR count). The second kappa shape index (κ2) is 8.98. The summed E-state index contributed by atoms with van der Waals surface area (Å²) in [5.41, 5.74) is 5.09. The van der Waals surface area contributed by atoms with E-state index >= 15 is 0 Å². The summed E-state index contributed by atoms with van der Waals surface area (Å²) in [6, 6.07) is 18.7. The lowest BCUT2D eigenvalue weighted by Crippen LogP contribution is -2.44. The molecule has 1 fully saturated rings. The largest absolute Gasteiger partial charge is 0.348 e. The van der Waals surface area contributed by atoms with Gasteiger partial charge < -0.3 is 4.90 Å². The van der Waals surface area contributed by atoms with Gasteiger partial charge in [-0.2, -0.15) is 0 Å². The van der Waals surface area contributed by atoms with E-state index in [0.717, 1.165) is 55.0 Å². The summed E-state index contributed by atoms with van der Waals surface area (Å²) in [5, 5.41) is 0. The molecule has 1 unspecified atom stereocenters. The molecular formula is C26H30N4O. The normalized spacial score (nSPS) is 18.8. The molecule has 1 amide bonds. The van der Waals surface area contributed by atoms with Gasteiger partial charge in [-0.15, -0.1) is 0 Å². The maximum Gasteiger partial charge on any atom is 0.229 e. The van der Waals surface area contributed by atoms with Crippen LogP contribution in [0.2, 0.25) is 0 Å². The number of benzene rings is 1. The minimum Gasteiger partial charge on any atom is -0.348 e. The number of pyridine rings is 2. The first-order chi connectivity index (χ1) is 14.9. The van der Waals surface area contributed by atoms with Gasteiger partial charge >= 0.3 is 0 Å². The number of rotatable bonds is 6. The monoisotopic (exact) mass is 414 g/mol. The van der Waals surface area contributed by atoms with Gasteiger partial charge in [0, 0.05) is 45.3 Å². The van der Waals surface area contributed by atoms with Crippen LogP contribution < -0.4 is 0 Å². The molecule has 1 aliphatic heterocycles. The summed E-state index contributed by atoms with van der Waals surface area (Å²) in [6.07, 6.45) is 5.25. The van der Waals surface area contributed by atoms with Crippen LogP contribution in [0.4, 0.5) is 0 Å². The highest BCUT2D eigenvalue weighted by Crippen LogP contribution is 2.37. The minimum absolute atomic E-state index is 0.207. The molecule has 0 spiro atoms. The van der Waals surface area contributed by atoms with Crippen molar-refractivity contribution in [3.8, 4) is 11.1 Å². The van der Waals surface area contributed by atoms with E-state index in [1.165, 1.54) is 5.56 Å². The predicted octanol–water partition coefficient (Wildman–Crippen LogP) is 3.98.